The fourth-order valence-electron chi connectivity index (χ4n) is 2.24. The summed E-state index contributed by atoms with van der Waals surface area (Å²) in [6, 6.07) is 0.520. The van der Waals surface area contributed by atoms with Gasteiger partial charge in [0.2, 0.25) is 0 Å². The molecule has 1 aromatic rings. The number of alkyl halides is 7. The molecule has 0 amide bonds. The van der Waals surface area contributed by atoms with Gasteiger partial charge in [-0.25, -0.2) is 9.18 Å². The molecule has 0 spiro atoms. The molecule has 0 aromatic heterocycles. The third-order valence-electron chi connectivity index (χ3n) is 3.41. The largest absolute Gasteiger partial charge is 0.478 e. The number of hydrogen-bond donors (Lipinski definition) is 1. The second-order valence-electron chi connectivity index (χ2n) is 5.12. The van der Waals surface area contributed by atoms with Crippen molar-refractivity contribution in [2.45, 2.75) is 43.2 Å². The van der Waals surface area contributed by atoms with Crippen molar-refractivity contribution < 1.29 is 44.8 Å². The summed E-state index contributed by atoms with van der Waals surface area (Å²) in [6.45, 7) is 2.35. The lowest BCUT2D eigenvalue weighted by atomic mass is 9.91. The Hall–Kier alpha value is -1.65. The maximum absolute atomic E-state index is 14.4. The second kappa shape index (κ2) is 6.93. The zero-order valence-corrected chi connectivity index (χ0v) is 13.7. The number of benzene rings is 1. The van der Waals surface area contributed by atoms with Gasteiger partial charge in [-0.1, -0.05) is 13.0 Å². The Labute approximate surface area is 140 Å². The summed E-state index contributed by atoms with van der Waals surface area (Å²) in [6.07, 6.45) is -12.7. The second-order valence-corrected chi connectivity index (χ2v) is 6.63. The molecule has 0 saturated carbocycles. The van der Waals surface area contributed by atoms with Crippen molar-refractivity contribution in [3.63, 3.8) is 0 Å². The fraction of sp³-hybridized carbons (Fsp3) is 0.500. The highest BCUT2D eigenvalue weighted by atomic mass is 32.2. The normalized spacial score (nSPS) is 14.4. The summed E-state index contributed by atoms with van der Waals surface area (Å²) in [5.74, 6) is -2.01. The zero-order valence-electron chi connectivity index (χ0n) is 12.9. The average Bonchev–Trinajstić information content (AvgIpc) is 2.43. The van der Waals surface area contributed by atoms with E-state index in [1.54, 1.807) is 0 Å². The first-order valence-electron chi connectivity index (χ1n) is 6.78. The van der Waals surface area contributed by atoms with E-state index in [0.717, 1.165) is 6.92 Å². The molecule has 0 unspecified atom stereocenters. The van der Waals surface area contributed by atoms with Crippen LogP contribution in [-0.2, 0) is 16.5 Å². The van der Waals surface area contributed by atoms with Gasteiger partial charge in [0.25, 0.3) is 0 Å². The molecule has 0 heterocycles. The number of halogens is 7. The minimum absolute atomic E-state index is 0.0837. The summed E-state index contributed by atoms with van der Waals surface area (Å²) < 4.78 is 105. The van der Waals surface area contributed by atoms with Crippen molar-refractivity contribution >= 4 is 16.8 Å². The predicted molar refractivity (Wildman–Crippen MR) is 74.6 cm³/mol. The van der Waals surface area contributed by atoms with E-state index in [-0.39, 0.29) is 18.2 Å². The zero-order chi connectivity index (χ0) is 19.8. The quantitative estimate of drug-likeness (QED) is 0.749. The lowest BCUT2D eigenvalue weighted by molar-refractivity contribution is -0.349. The Kier molecular flexibility index (Phi) is 5.93. The van der Waals surface area contributed by atoms with Crippen LogP contribution in [0.15, 0.2) is 17.0 Å². The van der Waals surface area contributed by atoms with E-state index in [2.05, 4.69) is 0 Å². The van der Waals surface area contributed by atoms with Gasteiger partial charge in [0.1, 0.15) is 0 Å². The minimum Gasteiger partial charge on any atom is -0.478 e. The first-order chi connectivity index (χ1) is 11.2. The van der Waals surface area contributed by atoms with E-state index in [9.17, 15) is 39.7 Å². The predicted octanol–water partition coefficient (Wildman–Crippen LogP) is 4.50. The summed E-state index contributed by atoms with van der Waals surface area (Å²) in [4.78, 5) is 9.97. The summed E-state index contributed by atoms with van der Waals surface area (Å²) in [5.41, 5.74) is -8.94. The Balaban J connectivity index is 3.94. The molecule has 3 nitrogen and oxygen atoms in total. The van der Waals surface area contributed by atoms with Crippen LogP contribution in [0.3, 0.4) is 0 Å². The third-order valence-corrected chi connectivity index (χ3v) is 5.17. The van der Waals surface area contributed by atoms with Crippen LogP contribution in [0.2, 0.25) is 0 Å². The molecule has 0 saturated heterocycles. The molecule has 142 valence electrons. The Morgan fingerprint density at radius 1 is 1.08 bits per heavy atom. The van der Waals surface area contributed by atoms with E-state index in [4.69, 9.17) is 5.11 Å². The van der Waals surface area contributed by atoms with Gasteiger partial charge in [0.15, 0.2) is 0 Å². The SMILES string of the molecule is CCC[S@](=O)c1c(C(F)(C(F)(F)F)C(F)(F)F)ccc(C(=O)O)c1C. The third kappa shape index (κ3) is 3.65. The first-order valence-corrected chi connectivity index (χ1v) is 8.10. The van der Waals surface area contributed by atoms with E-state index in [1.165, 1.54) is 6.92 Å². The molecule has 11 heteroatoms. The van der Waals surface area contributed by atoms with Crippen LogP contribution in [0.4, 0.5) is 30.7 Å². The molecular weight excluding hydrogens is 381 g/mol. The minimum atomic E-state index is -6.38. The molecule has 0 fully saturated rings. The summed E-state index contributed by atoms with van der Waals surface area (Å²) in [7, 11) is -2.45. The van der Waals surface area contributed by atoms with Crippen molar-refractivity contribution in [3.8, 4) is 0 Å². The monoisotopic (exact) mass is 394 g/mol. The Bertz CT molecular complexity index is 681. The van der Waals surface area contributed by atoms with Gasteiger partial charge >= 0.3 is 24.0 Å². The van der Waals surface area contributed by atoms with Crippen LogP contribution in [0.5, 0.6) is 0 Å². The number of carboxylic acids is 1. The van der Waals surface area contributed by atoms with Crippen molar-refractivity contribution in [1.29, 1.82) is 0 Å². The number of aromatic carboxylic acids is 1. The highest BCUT2D eigenvalue weighted by Crippen LogP contribution is 2.54. The van der Waals surface area contributed by atoms with E-state index >= 15 is 0 Å². The highest BCUT2D eigenvalue weighted by Gasteiger charge is 2.74. The topological polar surface area (TPSA) is 54.4 Å². The van der Waals surface area contributed by atoms with Crippen LogP contribution in [0.25, 0.3) is 0 Å². The van der Waals surface area contributed by atoms with Crippen molar-refractivity contribution in [3.05, 3.63) is 28.8 Å². The van der Waals surface area contributed by atoms with Crippen LogP contribution in [-0.4, -0.2) is 33.4 Å². The Morgan fingerprint density at radius 2 is 1.56 bits per heavy atom. The molecule has 0 aliphatic heterocycles. The molecule has 0 aliphatic rings. The molecule has 1 atom stereocenters. The van der Waals surface area contributed by atoms with Crippen LogP contribution in [0, 0.1) is 6.92 Å². The van der Waals surface area contributed by atoms with E-state index in [1.807, 2.05) is 0 Å². The van der Waals surface area contributed by atoms with Gasteiger partial charge in [-0.15, -0.1) is 0 Å². The fourth-order valence-corrected chi connectivity index (χ4v) is 3.72. The van der Waals surface area contributed by atoms with E-state index < -0.39 is 56.4 Å². The average molecular weight is 394 g/mol. The molecule has 1 N–H and O–H groups in total. The maximum Gasteiger partial charge on any atom is 0.435 e. The Morgan fingerprint density at radius 3 is 1.92 bits per heavy atom. The van der Waals surface area contributed by atoms with Crippen LogP contribution >= 0.6 is 0 Å². The molecule has 1 aromatic carbocycles. The van der Waals surface area contributed by atoms with Gasteiger partial charge < -0.3 is 5.11 Å². The molecule has 1 rings (SSSR count). The number of hydrogen-bond acceptors (Lipinski definition) is 2. The molecule has 0 bridgehead atoms. The lowest BCUT2D eigenvalue weighted by Gasteiger charge is -2.32. The van der Waals surface area contributed by atoms with E-state index in [0.29, 0.717) is 6.07 Å². The number of rotatable bonds is 5. The van der Waals surface area contributed by atoms with Gasteiger partial charge in [-0.3, -0.25) is 4.21 Å². The number of carboxylic acid groups (broad SMARTS) is 1. The molecule has 0 radical (unpaired) electrons. The smallest absolute Gasteiger partial charge is 0.435 e. The van der Waals surface area contributed by atoms with Crippen molar-refractivity contribution in [1.82, 2.24) is 0 Å². The van der Waals surface area contributed by atoms with Crippen LogP contribution in [0.1, 0.15) is 34.8 Å². The van der Waals surface area contributed by atoms with Gasteiger partial charge in [-0.05, 0) is 25.0 Å². The van der Waals surface area contributed by atoms with Gasteiger partial charge in [0, 0.05) is 16.2 Å². The molecular formula is C14H13F7O3S. The van der Waals surface area contributed by atoms with Gasteiger partial charge in [-0.2, -0.15) is 26.3 Å². The first kappa shape index (κ1) is 21.4. The van der Waals surface area contributed by atoms with Crippen LogP contribution < -0.4 is 0 Å². The lowest BCUT2D eigenvalue weighted by Crippen LogP contribution is -2.51. The van der Waals surface area contributed by atoms with Crippen molar-refractivity contribution in [2.75, 3.05) is 5.75 Å². The van der Waals surface area contributed by atoms with Crippen molar-refractivity contribution in [2.24, 2.45) is 0 Å². The number of carbonyl (C=O) groups is 1. The standard InChI is InChI=1S/C14H13F7O3S/c1-3-6-25(24)10-7(2)8(11(22)23)4-5-9(10)12(15,13(16,17)18)14(19,20)21/h4-5H,3,6H2,1-2H3,(H,22,23)/t25-/m0/s1. The molecule has 0 aliphatic carbocycles. The molecule has 25 heavy (non-hydrogen) atoms. The highest BCUT2D eigenvalue weighted by molar-refractivity contribution is 7.85. The van der Waals surface area contributed by atoms with Gasteiger partial charge in [0.05, 0.1) is 16.4 Å². The summed E-state index contributed by atoms with van der Waals surface area (Å²) in [5, 5.41) is 8.98. The summed E-state index contributed by atoms with van der Waals surface area (Å²) >= 11 is 0. The maximum atomic E-state index is 14.4.